The highest BCUT2D eigenvalue weighted by molar-refractivity contribution is 5.96. The SMILES string of the molecule is CCCCCCCCCc1cc(=O)oc2cc(NC(=O)[C@H](C)N)ccc12. The molecular formula is C21H30N2O3. The van der Waals surface area contributed by atoms with E-state index in [4.69, 9.17) is 10.2 Å². The van der Waals surface area contributed by atoms with E-state index in [0.29, 0.717) is 11.3 Å². The number of unbranched alkanes of at least 4 members (excludes halogenated alkanes) is 6. The maximum Gasteiger partial charge on any atom is 0.336 e. The standard InChI is InChI=1S/C21H30N2O3/c1-3-4-5-6-7-8-9-10-16-13-20(24)26-19-14-17(11-12-18(16)19)23-21(25)15(2)22/h11-15H,3-10,22H2,1-2H3,(H,23,25)/t15-/m0/s1. The molecule has 0 spiro atoms. The molecule has 1 amide bonds. The Kier molecular flexibility index (Phi) is 7.85. The molecule has 0 aliphatic rings. The van der Waals surface area contributed by atoms with Gasteiger partial charge in [0.15, 0.2) is 0 Å². The molecule has 0 saturated heterocycles. The second-order valence-electron chi connectivity index (χ2n) is 6.95. The Morgan fingerprint density at radius 3 is 2.50 bits per heavy atom. The third kappa shape index (κ3) is 5.99. The van der Waals surface area contributed by atoms with Gasteiger partial charge in [0.2, 0.25) is 5.91 Å². The van der Waals surface area contributed by atoms with Gasteiger partial charge in [0, 0.05) is 23.2 Å². The number of hydrogen-bond donors (Lipinski definition) is 2. The lowest BCUT2D eigenvalue weighted by atomic mass is 10.0. The molecule has 0 unspecified atom stereocenters. The van der Waals surface area contributed by atoms with Gasteiger partial charge in [-0.1, -0.05) is 45.4 Å². The molecule has 1 atom stereocenters. The normalized spacial score (nSPS) is 12.3. The summed E-state index contributed by atoms with van der Waals surface area (Å²) < 4.78 is 5.32. The number of carbonyl (C=O) groups is 1. The Labute approximate surface area is 155 Å². The van der Waals surface area contributed by atoms with Gasteiger partial charge in [0.05, 0.1) is 6.04 Å². The molecule has 26 heavy (non-hydrogen) atoms. The van der Waals surface area contributed by atoms with Crippen molar-refractivity contribution in [3.05, 3.63) is 40.2 Å². The average molecular weight is 358 g/mol. The van der Waals surface area contributed by atoms with Crippen LogP contribution < -0.4 is 16.7 Å². The van der Waals surface area contributed by atoms with Crippen molar-refractivity contribution in [1.82, 2.24) is 0 Å². The Hall–Kier alpha value is -2.14. The number of carbonyl (C=O) groups excluding carboxylic acids is 1. The number of hydrogen-bond acceptors (Lipinski definition) is 4. The predicted octanol–water partition coefficient (Wildman–Crippen LogP) is 4.37. The van der Waals surface area contributed by atoms with Gasteiger partial charge in [-0.25, -0.2) is 4.79 Å². The average Bonchev–Trinajstić information content (AvgIpc) is 2.60. The molecule has 0 fully saturated rings. The van der Waals surface area contributed by atoms with Gasteiger partial charge in [-0.2, -0.15) is 0 Å². The molecule has 1 aromatic heterocycles. The van der Waals surface area contributed by atoms with Crippen molar-refractivity contribution in [2.75, 3.05) is 5.32 Å². The van der Waals surface area contributed by atoms with Crippen LogP contribution in [-0.4, -0.2) is 11.9 Å². The number of nitrogens with two attached hydrogens (primary N) is 1. The van der Waals surface area contributed by atoms with Crippen molar-refractivity contribution in [2.24, 2.45) is 5.73 Å². The molecule has 2 rings (SSSR count). The summed E-state index contributed by atoms with van der Waals surface area (Å²) >= 11 is 0. The van der Waals surface area contributed by atoms with Gasteiger partial charge in [0.1, 0.15) is 5.58 Å². The van der Waals surface area contributed by atoms with Crippen LogP contribution in [0.4, 0.5) is 5.69 Å². The molecule has 1 heterocycles. The fourth-order valence-corrected chi connectivity index (χ4v) is 3.04. The molecule has 0 aliphatic heterocycles. The summed E-state index contributed by atoms with van der Waals surface area (Å²) in [6.07, 6.45) is 9.51. The van der Waals surface area contributed by atoms with Crippen molar-refractivity contribution < 1.29 is 9.21 Å². The van der Waals surface area contributed by atoms with Crippen molar-refractivity contribution in [2.45, 2.75) is 71.3 Å². The van der Waals surface area contributed by atoms with E-state index < -0.39 is 6.04 Å². The van der Waals surface area contributed by atoms with Crippen molar-refractivity contribution in [1.29, 1.82) is 0 Å². The topological polar surface area (TPSA) is 85.3 Å². The molecule has 0 bridgehead atoms. The van der Waals surface area contributed by atoms with Gasteiger partial charge < -0.3 is 15.5 Å². The van der Waals surface area contributed by atoms with Crippen molar-refractivity contribution in [3.8, 4) is 0 Å². The van der Waals surface area contributed by atoms with Crippen molar-refractivity contribution in [3.63, 3.8) is 0 Å². The van der Waals surface area contributed by atoms with Gasteiger partial charge in [-0.3, -0.25) is 4.79 Å². The lowest BCUT2D eigenvalue weighted by Crippen LogP contribution is -2.32. The van der Waals surface area contributed by atoms with E-state index in [1.807, 2.05) is 12.1 Å². The molecule has 5 heteroatoms. The summed E-state index contributed by atoms with van der Waals surface area (Å²) in [4.78, 5) is 23.6. The highest BCUT2D eigenvalue weighted by Gasteiger charge is 2.10. The second kappa shape index (κ2) is 10.1. The zero-order valence-corrected chi connectivity index (χ0v) is 15.8. The summed E-state index contributed by atoms with van der Waals surface area (Å²) in [5.74, 6) is -0.272. The van der Waals surface area contributed by atoms with Gasteiger partial charge >= 0.3 is 5.63 Å². The Balaban J connectivity index is 2.03. The maximum absolute atomic E-state index is 11.9. The van der Waals surface area contributed by atoms with Gasteiger partial charge in [-0.15, -0.1) is 0 Å². The van der Waals surface area contributed by atoms with Gasteiger partial charge in [0.25, 0.3) is 0 Å². The van der Waals surface area contributed by atoms with E-state index in [9.17, 15) is 9.59 Å². The molecule has 1 aromatic carbocycles. The van der Waals surface area contributed by atoms with Crippen LogP contribution in [0.1, 0.15) is 64.4 Å². The number of aryl methyl sites for hydroxylation is 1. The van der Waals surface area contributed by atoms with Crippen LogP contribution >= 0.6 is 0 Å². The smallest absolute Gasteiger partial charge is 0.336 e. The Morgan fingerprint density at radius 1 is 1.12 bits per heavy atom. The lowest BCUT2D eigenvalue weighted by Gasteiger charge is -2.10. The summed E-state index contributed by atoms with van der Waals surface area (Å²) in [6, 6.07) is 6.38. The monoisotopic (exact) mass is 358 g/mol. The molecule has 3 N–H and O–H groups in total. The molecule has 0 radical (unpaired) electrons. The third-order valence-corrected chi connectivity index (χ3v) is 4.56. The van der Waals surface area contributed by atoms with Crippen LogP contribution in [0.15, 0.2) is 33.5 Å². The van der Waals surface area contributed by atoms with Crippen LogP contribution in [-0.2, 0) is 11.2 Å². The zero-order chi connectivity index (χ0) is 18.9. The summed E-state index contributed by atoms with van der Waals surface area (Å²) in [7, 11) is 0. The number of nitrogens with one attached hydrogen (secondary N) is 1. The van der Waals surface area contributed by atoms with E-state index in [-0.39, 0.29) is 11.5 Å². The number of amides is 1. The minimum atomic E-state index is -0.596. The lowest BCUT2D eigenvalue weighted by molar-refractivity contribution is -0.117. The number of rotatable bonds is 10. The maximum atomic E-state index is 11.9. The van der Waals surface area contributed by atoms with Crippen LogP contribution in [0.3, 0.4) is 0 Å². The first-order chi connectivity index (χ1) is 12.5. The van der Waals surface area contributed by atoms with E-state index in [0.717, 1.165) is 23.8 Å². The van der Waals surface area contributed by atoms with Crippen LogP contribution in [0.25, 0.3) is 11.0 Å². The highest BCUT2D eigenvalue weighted by atomic mass is 16.4. The zero-order valence-electron chi connectivity index (χ0n) is 15.8. The minimum Gasteiger partial charge on any atom is -0.423 e. The Bertz CT molecular complexity index is 780. The fraction of sp³-hybridized carbons (Fsp3) is 0.524. The molecule has 142 valence electrons. The minimum absolute atomic E-state index is 0.272. The number of anilines is 1. The largest absolute Gasteiger partial charge is 0.423 e. The first-order valence-electron chi connectivity index (χ1n) is 9.64. The predicted molar refractivity (Wildman–Crippen MR) is 106 cm³/mol. The van der Waals surface area contributed by atoms with E-state index in [2.05, 4.69) is 12.2 Å². The first kappa shape index (κ1) is 20.2. The molecule has 5 nitrogen and oxygen atoms in total. The van der Waals surface area contributed by atoms with Crippen LogP contribution in [0.5, 0.6) is 0 Å². The number of benzene rings is 1. The third-order valence-electron chi connectivity index (χ3n) is 4.56. The van der Waals surface area contributed by atoms with E-state index >= 15 is 0 Å². The number of fused-ring (bicyclic) bond motifs is 1. The molecular weight excluding hydrogens is 328 g/mol. The van der Waals surface area contributed by atoms with Crippen LogP contribution in [0, 0.1) is 0 Å². The molecule has 0 saturated carbocycles. The Morgan fingerprint density at radius 2 is 1.81 bits per heavy atom. The van der Waals surface area contributed by atoms with E-state index in [1.165, 1.54) is 38.5 Å². The van der Waals surface area contributed by atoms with Crippen LogP contribution in [0.2, 0.25) is 0 Å². The summed E-state index contributed by atoms with van der Waals surface area (Å²) in [5.41, 5.74) is 7.30. The molecule has 2 aromatic rings. The quantitative estimate of drug-likeness (QED) is 0.488. The molecule has 0 aliphatic carbocycles. The second-order valence-corrected chi connectivity index (χ2v) is 6.95. The fourth-order valence-electron chi connectivity index (χ4n) is 3.04. The first-order valence-corrected chi connectivity index (χ1v) is 9.64. The van der Waals surface area contributed by atoms with E-state index in [1.54, 1.807) is 19.1 Å². The summed E-state index contributed by atoms with van der Waals surface area (Å²) in [6.45, 7) is 3.84. The van der Waals surface area contributed by atoms with Crippen molar-refractivity contribution >= 4 is 22.6 Å². The summed E-state index contributed by atoms with van der Waals surface area (Å²) in [5, 5.41) is 3.65. The van der Waals surface area contributed by atoms with Gasteiger partial charge in [-0.05, 0) is 37.5 Å². The highest BCUT2D eigenvalue weighted by Crippen LogP contribution is 2.23.